The predicted molar refractivity (Wildman–Crippen MR) is 81.7 cm³/mol. The van der Waals surface area contributed by atoms with Crippen molar-refractivity contribution in [1.82, 2.24) is 4.72 Å². The van der Waals surface area contributed by atoms with Crippen molar-refractivity contribution in [2.24, 2.45) is 5.92 Å². The number of ether oxygens (including phenoxy) is 2. The maximum atomic E-state index is 12.7. The molecule has 1 aromatic rings. The fraction of sp³-hybridized carbons (Fsp3) is 0.600. The first kappa shape index (κ1) is 18.9. The molecule has 0 heterocycles. The van der Waals surface area contributed by atoms with E-state index in [2.05, 4.69) is 4.72 Å². The lowest BCUT2D eigenvalue weighted by Crippen LogP contribution is -2.39. The predicted octanol–water partition coefficient (Wildman–Crippen LogP) is 3.10. The van der Waals surface area contributed by atoms with Crippen molar-refractivity contribution in [1.29, 1.82) is 0 Å². The monoisotopic (exact) mass is 367 g/mol. The second kappa shape index (κ2) is 7.18. The number of hydrogen-bond acceptors (Lipinski definition) is 4. The Morgan fingerprint density at radius 1 is 1.04 bits per heavy atom. The molecule has 0 saturated heterocycles. The average Bonchev–Trinajstić information content (AvgIpc) is 2.53. The summed E-state index contributed by atoms with van der Waals surface area (Å²) < 4.78 is 75.4. The van der Waals surface area contributed by atoms with Gasteiger partial charge < -0.3 is 9.47 Å². The Morgan fingerprint density at radius 2 is 1.62 bits per heavy atom. The highest BCUT2D eigenvalue weighted by Crippen LogP contribution is 2.38. The quantitative estimate of drug-likeness (QED) is 0.869. The molecule has 0 bridgehead atoms. The molecule has 5 nitrogen and oxygen atoms in total. The van der Waals surface area contributed by atoms with Gasteiger partial charge in [0.1, 0.15) is 0 Å². The number of rotatable bonds is 5. The van der Waals surface area contributed by atoms with Gasteiger partial charge in [-0.3, -0.25) is 0 Å². The fourth-order valence-corrected chi connectivity index (χ4v) is 4.13. The van der Waals surface area contributed by atoms with E-state index in [9.17, 15) is 21.6 Å². The number of nitrogens with one attached hydrogen (secondary N) is 1. The van der Waals surface area contributed by atoms with E-state index in [4.69, 9.17) is 9.47 Å². The topological polar surface area (TPSA) is 64.6 Å². The Morgan fingerprint density at radius 3 is 2.12 bits per heavy atom. The molecule has 1 aliphatic carbocycles. The van der Waals surface area contributed by atoms with Gasteiger partial charge in [0.2, 0.25) is 10.0 Å². The lowest BCUT2D eigenvalue weighted by atomic mass is 9.86. The van der Waals surface area contributed by atoms with Crippen LogP contribution >= 0.6 is 0 Å². The molecule has 0 atom stereocenters. The van der Waals surface area contributed by atoms with Crippen LogP contribution in [0.25, 0.3) is 0 Å². The minimum atomic E-state index is -4.22. The molecular formula is C15H20F3NO4S. The SMILES string of the molecule is COc1ccc(S(=O)(=O)NC2CCC(C(F)(F)F)CC2)cc1OC. The highest BCUT2D eigenvalue weighted by atomic mass is 32.2. The van der Waals surface area contributed by atoms with Gasteiger partial charge in [0, 0.05) is 12.1 Å². The molecule has 1 fully saturated rings. The van der Waals surface area contributed by atoms with Crippen molar-refractivity contribution < 1.29 is 31.1 Å². The molecule has 9 heteroatoms. The normalized spacial score (nSPS) is 22.2. The van der Waals surface area contributed by atoms with Crippen LogP contribution in [0.1, 0.15) is 25.7 Å². The molecule has 24 heavy (non-hydrogen) atoms. The van der Waals surface area contributed by atoms with E-state index < -0.39 is 28.2 Å². The molecule has 136 valence electrons. The zero-order valence-corrected chi connectivity index (χ0v) is 14.2. The van der Waals surface area contributed by atoms with Crippen molar-refractivity contribution in [3.05, 3.63) is 18.2 Å². The van der Waals surface area contributed by atoms with E-state index in [0.29, 0.717) is 5.75 Å². The molecule has 0 spiro atoms. The summed E-state index contributed by atoms with van der Waals surface area (Å²) in [5, 5.41) is 0. The van der Waals surface area contributed by atoms with Crippen LogP contribution < -0.4 is 14.2 Å². The molecule has 0 unspecified atom stereocenters. The Labute approximate surface area is 139 Å². The summed E-state index contributed by atoms with van der Waals surface area (Å²) >= 11 is 0. The fourth-order valence-electron chi connectivity index (χ4n) is 2.81. The third-order valence-corrected chi connectivity index (χ3v) is 5.70. The van der Waals surface area contributed by atoms with Crippen LogP contribution in [0.3, 0.4) is 0 Å². The van der Waals surface area contributed by atoms with Gasteiger partial charge in [-0.25, -0.2) is 13.1 Å². The van der Waals surface area contributed by atoms with Gasteiger partial charge in [0.25, 0.3) is 0 Å². The summed E-state index contributed by atoms with van der Waals surface area (Å²) in [5.74, 6) is -0.692. The first-order chi connectivity index (χ1) is 11.2. The summed E-state index contributed by atoms with van der Waals surface area (Å²) in [4.78, 5) is -0.0157. The molecule has 1 saturated carbocycles. The van der Waals surface area contributed by atoms with Gasteiger partial charge in [-0.15, -0.1) is 0 Å². The lowest BCUT2D eigenvalue weighted by Gasteiger charge is -2.30. The molecule has 0 aromatic heterocycles. The largest absolute Gasteiger partial charge is 0.493 e. The van der Waals surface area contributed by atoms with Gasteiger partial charge in [0.05, 0.1) is 25.0 Å². The second-order valence-electron chi connectivity index (χ2n) is 5.73. The third kappa shape index (κ3) is 4.32. The van der Waals surface area contributed by atoms with Crippen molar-refractivity contribution in [3.8, 4) is 11.5 Å². The summed E-state index contributed by atoms with van der Waals surface area (Å²) in [6.45, 7) is 0. The molecule has 0 radical (unpaired) electrons. The number of hydrogen-bond donors (Lipinski definition) is 1. The molecular weight excluding hydrogens is 347 g/mol. The average molecular weight is 367 g/mol. The van der Waals surface area contributed by atoms with E-state index in [-0.39, 0.29) is 36.3 Å². The van der Waals surface area contributed by atoms with Crippen LogP contribution in [0.5, 0.6) is 11.5 Å². The van der Waals surface area contributed by atoms with E-state index in [1.165, 1.54) is 32.4 Å². The summed E-state index contributed by atoms with van der Waals surface area (Å²) in [6.07, 6.45) is -4.02. The van der Waals surface area contributed by atoms with Crippen molar-refractivity contribution in [2.45, 2.75) is 42.8 Å². The van der Waals surface area contributed by atoms with Gasteiger partial charge in [-0.2, -0.15) is 13.2 Å². The summed E-state index contributed by atoms with van der Waals surface area (Å²) in [7, 11) is -1.01. The second-order valence-corrected chi connectivity index (χ2v) is 7.44. The minimum absolute atomic E-state index is 0.0157. The van der Waals surface area contributed by atoms with E-state index in [0.717, 1.165) is 0 Å². The smallest absolute Gasteiger partial charge is 0.391 e. The Bertz CT molecular complexity index is 668. The van der Waals surface area contributed by atoms with Crippen LogP contribution in [0, 0.1) is 5.92 Å². The Kier molecular flexibility index (Phi) is 5.64. The highest BCUT2D eigenvalue weighted by molar-refractivity contribution is 7.89. The molecule has 0 amide bonds. The van der Waals surface area contributed by atoms with Gasteiger partial charge in [0.15, 0.2) is 11.5 Å². The minimum Gasteiger partial charge on any atom is -0.493 e. The van der Waals surface area contributed by atoms with Gasteiger partial charge in [-0.1, -0.05) is 0 Å². The number of alkyl halides is 3. The Balaban J connectivity index is 2.07. The van der Waals surface area contributed by atoms with Crippen LogP contribution in [0.2, 0.25) is 0 Å². The van der Waals surface area contributed by atoms with Gasteiger partial charge in [-0.05, 0) is 37.8 Å². The number of sulfonamides is 1. The van der Waals surface area contributed by atoms with Crippen molar-refractivity contribution in [3.63, 3.8) is 0 Å². The third-order valence-electron chi connectivity index (χ3n) is 4.18. The molecule has 1 aliphatic rings. The van der Waals surface area contributed by atoms with E-state index in [1.807, 2.05) is 0 Å². The summed E-state index contributed by atoms with van der Waals surface area (Å²) in [5.41, 5.74) is 0. The van der Waals surface area contributed by atoms with Crippen molar-refractivity contribution in [2.75, 3.05) is 14.2 Å². The lowest BCUT2D eigenvalue weighted by molar-refractivity contribution is -0.182. The van der Waals surface area contributed by atoms with Crippen molar-refractivity contribution >= 4 is 10.0 Å². The summed E-state index contributed by atoms with van der Waals surface area (Å²) in [6, 6.07) is 3.66. The zero-order chi connectivity index (χ0) is 18.0. The van der Waals surface area contributed by atoms with Crippen LogP contribution in [-0.4, -0.2) is 34.9 Å². The molecule has 2 rings (SSSR count). The van der Waals surface area contributed by atoms with Crippen LogP contribution in [0.15, 0.2) is 23.1 Å². The Hall–Kier alpha value is -1.48. The van der Waals surface area contributed by atoms with Gasteiger partial charge >= 0.3 is 6.18 Å². The zero-order valence-electron chi connectivity index (χ0n) is 13.4. The maximum Gasteiger partial charge on any atom is 0.391 e. The van der Waals surface area contributed by atoms with E-state index in [1.54, 1.807) is 0 Å². The number of methoxy groups -OCH3 is 2. The standard InChI is InChI=1S/C15H20F3NO4S/c1-22-13-8-7-12(9-14(13)23-2)24(20,21)19-11-5-3-10(4-6-11)15(16,17)18/h7-11,19H,3-6H2,1-2H3. The van der Waals surface area contributed by atoms with Crippen LogP contribution in [0.4, 0.5) is 13.2 Å². The first-order valence-corrected chi connectivity index (χ1v) is 8.96. The maximum absolute atomic E-state index is 12.7. The highest BCUT2D eigenvalue weighted by Gasteiger charge is 2.41. The number of halogens is 3. The first-order valence-electron chi connectivity index (χ1n) is 7.48. The molecule has 1 N–H and O–H groups in total. The molecule has 1 aromatic carbocycles. The number of benzene rings is 1. The van der Waals surface area contributed by atoms with Crippen LogP contribution in [-0.2, 0) is 10.0 Å². The molecule has 0 aliphatic heterocycles. The van der Waals surface area contributed by atoms with E-state index >= 15 is 0 Å².